The zero-order chi connectivity index (χ0) is 14.4. The Balaban J connectivity index is 2.18. The SMILES string of the molecule is CCCOc1nc(NCC)nc(N(C)C2CCCC2)n1. The predicted octanol–water partition coefficient (Wildman–Crippen LogP) is 2.47. The van der Waals surface area contributed by atoms with Crippen LogP contribution in [0.15, 0.2) is 0 Å². The molecule has 0 bridgehead atoms. The van der Waals surface area contributed by atoms with Crippen LogP contribution in [-0.4, -0.2) is 41.2 Å². The highest BCUT2D eigenvalue weighted by molar-refractivity contribution is 5.38. The van der Waals surface area contributed by atoms with Crippen molar-refractivity contribution >= 4 is 11.9 Å². The third-order valence-electron chi connectivity index (χ3n) is 3.56. The number of hydrogen-bond acceptors (Lipinski definition) is 6. The second-order valence-electron chi connectivity index (χ2n) is 5.17. The third-order valence-corrected chi connectivity index (χ3v) is 3.56. The van der Waals surface area contributed by atoms with E-state index in [0.29, 0.717) is 30.6 Å². The maximum atomic E-state index is 5.57. The van der Waals surface area contributed by atoms with Crippen LogP contribution in [0.3, 0.4) is 0 Å². The van der Waals surface area contributed by atoms with Crippen molar-refractivity contribution in [3.8, 4) is 6.01 Å². The molecule has 0 spiro atoms. The summed E-state index contributed by atoms with van der Waals surface area (Å²) in [5.74, 6) is 1.29. The van der Waals surface area contributed by atoms with Gasteiger partial charge in [-0.05, 0) is 26.2 Å². The molecule has 6 heteroatoms. The molecule has 1 heterocycles. The van der Waals surface area contributed by atoms with Gasteiger partial charge in [0, 0.05) is 19.6 Å². The molecule has 0 unspecified atom stereocenters. The molecule has 6 nitrogen and oxygen atoms in total. The standard InChI is InChI=1S/C14H25N5O/c1-4-10-20-14-17-12(15-5-2)16-13(18-14)19(3)11-8-6-7-9-11/h11H,4-10H2,1-3H3,(H,15,16,17,18). The van der Waals surface area contributed by atoms with Crippen molar-refractivity contribution in [2.45, 2.75) is 52.0 Å². The number of aromatic nitrogens is 3. The van der Waals surface area contributed by atoms with E-state index in [1.165, 1.54) is 25.7 Å². The lowest BCUT2D eigenvalue weighted by molar-refractivity contribution is 0.291. The highest BCUT2D eigenvalue weighted by Crippen LogP contribution is 2.26. The van der Waals surface area contributed by atoms with Crippen molar-refractivity contribution in [1.82, 2.24) is 15.0 Å². The number of rotatable bonds is 7. The summed E-state index contributed by atoms with van der Waals surface area (Å²) in [6.45, 7) is 5.50. The Morgan fingerprint density at radius 2 is 1.95 bits per heavy atom. The molecule has 2 rings (SSSR count). The summed E-state index contributed by atoms with van der Waals surface area (Å²) in [5, 5.41) is 3.14. The Hall–Kier alpha value is -1.59. The van der Waals surface area contributed by atoms with E-state index in [1.807, 2.05) is 6.92 Å². The average Bonchev–Trinajstić information content (AvgIpc) is 2.98. The van der Waals surface area contributed by atoms with Crippen LogP contribution in [0.2, 0.25) is 0 Å². The quantitative estimate of drug-likeness (QED) is 0.827. The first kappa shape index (κ1) is 14.8. The van der Waals surface area contributed by atoms with Gasteiger partial charge in [0.25, 0.3) is 0 Å². The zero-order valence-corrected chi connectivity index (χ0v) is 12.7. The number of ether oxygens (including phenoxy) is 1. The van der Waals surface area contributed by atoms with Gasteiger partial charge < -0.3 is 15.0 Å². The smallest absolute Gasteiger partial charge is 0.323 e. The molecule has 1 N–H and O–H groups in total. The van der Waals surface area contributed by atoms with E-state index in [0.717, 1.165) is 13.0 Å². The van der Waals surface area contributed by atoms with Crippen LogP contribution >= 0.6 is 0 Å². The lowest BCUT2D eigenvalue weighted by Gasteiger charge is -2.24. The topological polar surface area (TPSA) is 63.2 Å². The Bertz CT molecular complexity index is 420. The molecule has 1 aliphatic carbocycles. The zero-order valence-electron chi connectivity index (χ0n) is 12.7. The summed E-state index contributed by atoms with van der Waals surface area (Å²) in [6, 6.07) is 0.948. The molecular formula is C14H25N5O. The number of nitrogens with zero attached hydrogens (tertiary/aromatic N) is 4. The molecule has 0 radical (unpaired) electrons. The molecule has 1 aliphatic rings. The van der Waals surface area contributed by atoms with Gasteiger partial charge in [-0.3, -0.25) is 0 Å². The Morgan fingerprint density at radius 1 is 1.20 bits per heavy atom. The molecule has 1 aromatic heterocycles. The van der Waals surface area contributed by atoms with Crippen molar-refractivity contribution < 1.29 is 4.74 Å². The number of nitrogens with one attached hydrogen (secondary N) is 1. The van der Waals surface area contributed by atoms with Crippen molar-refractivity contribution in [2.24, 2.45) is 0 Å². The van der Waals surface area contributed by atoms with E-state index in [-0.39, 0.29) is 0 Å². The fourth-order valence-electron chi connectivity index (χ4n) is 2.45. The molecule has 1 aromatic rings. The van der Waals surface area contributed by atoms with Crippen LogP contribution in [0, 0.1) is 0 Å². The van der Waals surface area contributed by atoms with Crippen LogP contribution < -0.4 is 15.0 Å². The second-order valence-corrected chi connectivity index (χ2v) is 5.17. The molecule has 1 saturated carbocycles. The van der Waals surface area contributed by atoms with E-state index < -0.39 is 0 Å². The minimum absolute atomic E-state index is 0.414. The number of hydrogen-bond donors (Lipinski definition) is 1. The number of anilines is 2. The summed E-state index contributed by atoms with van der Waals surface area (Å²) in [4.78, 5) is 15.4. The van der Waals surface area contributed by atoms with Gasteiger partial charge in [-0.25, -0.2) is 0 Å². The van der Waals surface area contributed by atoms with Crippen LogP contribution in [0.5, 0.6) is 6.01 Å². The summed E-state index contributed by atoms with van der Waals surface area (Å²) in [7, 11) is 2.06. The lowest BCUT2D eigenvalue weighted by atomic mass is 10.2. The monoisotopic (exact) mass is 279 g/mol. The molecule has 0 amide bonds. The van der Waals surface area contributed by atoms with Crippen molar-refractivity contribution in [1.29, 1.82) is 0 Å². The molecule has 0 atom stereocenters. The first-order valence-electron chi connectivity index (χ1n) is 7.60. The summed E-state index contributed by atoms with van der Waals surface area (Å²) >= 11 is 0. The normalized spacial score (nSPS) is 15.3. The summed E-state index contributed by atoms with van der Waals surface area (Å²) in [5.41, 5.74) is 0. The summed E-state index contributed by atoms with van der Waals surface area (Å²) in [6.07, 6.45) is 5.95. The maximum Gasteiger partial charge on any atom is 0.323 e. The van der Waals surface area contributed by atoms with Gasteiger partial charge >= 0.3 is 6.01 Å². The first-order valence-corrected chi connectivity index (χ1v) is 7.60. The van der Waals surface area contributed by atoms with E-state index in [4.69, 9.17) is 4.74 Å². The van der Waals surface area contributed by atoms with E-state index >= 15 is 0 Å². The molecule has 20 heavy (non-hydrogen) atoms. The highest BCUT2D eigenvalue weighted by atomic mass is 16.5. The van der Waals surface area contributed by atoms with E-state index in [1.54, 1.807) is 0 Å². The van der Waals surface area contributed by atoms with E-state index in [2.05, 4.69) is 39.1 Å². The Labute approximate surface area is 121 Å². The van der Waals surface area contributed by atoms with Gasteiger partial charge in [-0.2, -0.15) is 15.0 Å². The molecular weight excluding hydrogens is 254 g/mol. The fourth-order valence-corrected chi connectivity index (χ4v) is 2.45. The Kier molecular flexibility index (Phi) is 5.38. The van der Waals surface area contributed by atoms with Crippen LogP contribution in [-0.2, 0) is 0 Å². The molecule has 1 fully saturated rings. The van der Waals surface area contributed by atoms with E-state index in [9.17, 15) is 0 Å². The van der Waals surface area contributed by atoms with Gasteiger partial charge in [0.15, 0.2) is 0 Å². The van der Waals surface area contributed by atoms with Gasteiger partial charge in [0.1, 0.15) is 0 Å². The minimum atomic E-state index is 0.414. The van der Waals surface area contributed by atoms with Crippen molar-refractivity contribution in [3.05, 3.63) is 0 Å². The largest absolute Gasteiger partial charge is 0.463 e. The van der Waals surface area contributed by atoms with Crippen LogP contribution in [0.25, 0.3) is 0 Å². The maximum absolute atomic E-state index is 5.57. The summed E-state index contributed by atoms with van der Waals surface area (Å²) < 4.78 is 5.57. The Morgan fingerprint density at radius 3 is 2.60 bits per heavy atom. The first-order chi connectivity index (χ1) is 9.74. The average molecular weight is 279 g/mol. The molecule has 0 aromatic carbocycles. The van der Waals surface area contributed by atoms with Gasteiger partial charge in [0.05, 0.1) is 6.61 Å². The van der Waals surface area contributed by atoms with Gasteiger partial charge in [-0.15, -0.1) is 0 Å². The van der Waals surface area contributed by atoms with Crippen molar-refractivity contribution in [2.75, 3.05) is 30.4 Å². The van der Waals surface area contributed by atoms with Crippen LogP contribution in [0.4, 0.5) is 11.9 Å². The third kappa shape index (κ3) is 3.71. The van der Waals surface area contributed by atoms with Gasteiger partial charge in [0.2, 0.25) is 11.9 Å². The van der Waals surface area contributed by atoms with Crippen molar-refractivity contribution in [3.63, 3.8) is 0 Å². The van der Waals surface area contributed by atoms with Gasteiger partial charge in [-0.1, -0.05) is 19.8 Å². The molecule has 0 saturated heterocycles. The predicted molar refractivity (Wildman–Crippen MR) is 80.4 cm³/mol. The molecule has 0 aliphatic heterocycles. The van der Waals surface area contributed by atoms with Crippen LogP contribution in [0.1, 0.15) is 46.0 Å². The second kappa shape index (κ2) is 7.26. The minimum Gasteiger partial charge on any atom is -0.463 e. The fraction of sp³-hybridized carbons (Fsp3) is 0.786. The molecule has 112 valence electrons. The highest BCUT2D eigenvalue weighted by Gasteiger charge is 2.22. The lowest BCUT2D eigenvalue weighted by Crippen LogP contribution is -2.31.